The van der Waals surface area contributed by atoms with E-state index >= 15 is 0 Å². The number of benzene rings is 1. The van der Waals surface area contributed by atoms with Crippen molar-refractivity contribution in [3.8, 4) is 11.4 Å². The molecule has 1 saturated carbocycles. The van der Waals surface area contributed by atoms with Gasteiger partial charge in [0.05, 0.1) is 7.11 Å². The molecule has 2 N–H and O–H groups in total. The SMILES string of the molecule is COc1ccc(NC(=O)CC(C)C2CCNCC2)cc1-n1nnnc1C1CC1. The van der Waals surface area contributed by atoms with Crippen molar-refractivity contribution >= 4 is 11.6 Å². The Kier molecular flexibility index (Phi) is 5.57. The van der Waals surface area contributed by atoms with E-state index in [1.807, 2.05) is 18.2 Å². The van der Waals surface area contributed by atoms with Gasteiger partial charge in [0.1, 0.15) is 11.4 Å². The number of carbonyl (C=O) groups excluding carboxylic acids is 1. The number of ether oxygens (including phenoxy) is 1. The highest BCUT2D eigenvalue weighted by Gasteiger charge is 2.31. The van der Waals surface area contributed by atoms with Gasteiger partial charge in [-0.1, -0.05) is 6.92 Å². The molecule has 150 valence electrons. The second kappa shape index (κ2) is 8.26. The predicted octanol–water partition coefficient (Wildman–Crippen LogP) is 2.51. The molecular weight excluding hydrogens is 356 g/mol. The second-order valence-corrected chi connectivity index (χ2v) is 7.93. The van der Waals surface area contributed by atoms with Crippen LogP contribution in [-0.4, -0.2) is 46.3 Å². The van der Waals surface area contributed by atoms with Crippen molar-refractivity contribution in [3.05, 3.63) is 24.0 Å². The summed E-state index contributed by atoms with van der Waals surface area (Å²) >= 11 is 0. The normalized spacial score (nSPS) is 18.6. The average Bonchev–Trinajstić information content (AvgIpc) is 3.45. The van der Waals surface area contributed by atoms with E-state index in [0.29, 0.717) is 29.9 Å². The van der Waals surface area contributed by atoms with Crippen molar-refractivity contribution in [2.24, 2.45) is 11.8 Å². The molecule has 1 aliphatic carbocycles. The fourth-order valence-electron chi connectivity index (χ4n) is 3.98. The highest BCUT2D eigenvalue weighted by atomic mass is 16.5. The van der Waals surface area contributed by atoms with E-state index in [2.05, 4.69) is 33.1 Å². The standard InChI is InChI=1S/C20H28N6O2/c1-13(14-7-9-21-10-8-14)11-19(27)22-16-5-6-18(28-2)17(12-16)26-20(15-3-4-15)23-24-25-26/h5-6,12-15,21H,3-4,7-11H2,1-2H3,(H,22,27). The lowest BCUT2D eigenvalue weighted by molar-refractivity contribution is -0.117. The zero-order chi connectivity index (χ0) is 19.5. The number of nitrogens with one attached hydrogen (secondary N) is 2. The van der Waals surface area contributed by atoms with Crippen molar-refractivity contribution in [1.82, 2.24) is 25.5 Å². The molecule has 1 atom stereocenters. The smallest absolute Gasteiger partial charge is 0.224 e. The van der Waals surface area contributed by atoms with Crippen LogP contribution in [-0.2, 0) is 4.79 Å². The molecule has 1 saturated heterocycles. The van der Waals surface area contributed by atoms with Gasteiger partial charge in [0, 0.05) is 18.0 Å². The molecule has 1 aliphatic heterocycles. The lowest BCUT2D eigenvalue weighted by Crippen LogP contribution is -2.32. The van der Waals surface area contributed by atoms with Crippen LogP contribution in [0.3, 0.4) is 0 Å². The van der Waals surface area contributed by atoms with Gasteiger partial charge in [0.15, 0.2) is 5.82 Å². The van der Waals surface area contributed by atoms with Gasteiger partial charge in [-0.2, -0.15) is 4.68 Å². The number of anilines is 1. The number of piperidine rings is 1. The number of hydrogen-bond acceptors (Lipinski definition) is 6. The van der Waals surface area contributed by atoms with Crippen molar-refractivity contribution in [2.45, 2.75) is 44.9 Å². The summed E-state index contributed by atoms with van der Waals surface area (Å²) in [5.74, 6) is 2.96. The van der Waals surface area contributed by atoms with Gasteiger partial charge >= 0.3 is 0 Å². The molecule has 4 rings (SSSR count). The van der Waals surface area contributed by atoms with Crippen LogP contribution in [0.4, 0.5) is 5.69 Å². The van der Waals surface area contributed by atoms with Crippen molar-refractivity contribution < 1.29 is 9.53 Å². The Labute approximate surface area is 165 Å². The van der Waals surface area contributed by atoms with Crippen molar-refractivity contribution in [3.63, 3.8) is 0 Å². The van der Waals surface area contributed by atoms with E-state index in [1.165, 1.54) is 0 Å². The van der Waals surface area contributed by atoms with E-state index in [1.54, 1.807) is 11.8 Å². The fourth-order valence-corrected chi connectivity index (χ4v) is 3.98. The average molecular weight is 384 g/mol. The van der Waals surface area contributed by atoms with E-state index in [9.17, 15) is 4.79 Å². The molecule has 1 unspecified atom stereocenters. The summed E-state index contributed by atoms with van der Waals surface area (Å²) in [5.41, 5.74) is 1.48. The number of carbonyl (C=O) groups is 1. The maximum absolute atomic E-state index is 12.6. The first kappa shape index (κ1) is 18.9. The molecule has 0 radical (unpaired) electrons. The van der Waals surface area contributed by atoms with Crippen LogP contribution in [0.1, 0.15) is 50.8 Å². The number of tetrazole rings is 1. The predicted molar refractivity (Wildman–Crippen MR) is 106 cm³/mol. The van der Waals surface area contributed by atoms with Crippen molar-refractivity contribution in [1.29, 1.82) is 0 Å². The van der Waals surface area contributed by atoms with E-state index in [4.69, 9.17) is 4.74 Å². The zero-order valence-electron chi connectivity index (χ0n) is 16.5. The van der Waals surface area contributed by atoms with Gasteiger partial charge < -0.3 is 15.4 Å². The van der Waals surface area contributed by atoms with Gasteiger partial charge in [-0.15, -0.1) is 5.10 Å². The van der Waals surface area contributed by atoms with E-state index in [0.717, 1.165) is 56.0 Å². The molecule has 8 heteroatoms. The molecule has 28 heavy (non-hydrogen) atoms. The summed E-state index contributed by atoms with van der Waals surface area (Å²) in [6, 6.07) is 5.59. The Balaban J connectivity index is 1.47. The Hall–Kier alpha value is -2.48. The zero-order valence-corrected chi connectivity index (χ0v) is 16.5. The molecule has 2 aromatic rings. The van der Waals surface area contributed by atoms with Gasteiger partial charge in [-0.3, -0.25) is 4.79 Å². The van der Waals surface area contributed by atoms with Gasteiger partial charge in [0.2, 0.25) is 5.91 Å². The highest BCUT2D eigenvalue weighted by molar-refractivity contribution is 5.91. The van der Waals surface area contributed by atoms with Crippen LogP contribution in [0.25, 0.3) is 5.69 Å². The van der Waals surface area contributed by atoms with Crippen LogP contribution in [0.2, 0.25) is 0 Å². The minimum absolute atomic E-state index is 0.0429. The minimum Gasteiger partial charge on any atom is -0.494 e. The molecule has 2 aliphatic rings. The largest absolute Gasteiger partial charge is 0.494 e. The third kappa shape index (κ3) is 4.16. The van der Waals surface area contributed by atoms with Gasteiger partial charge in [0.25, 0.3) is 0 Å². The number of rotatable bonds is 7. The quantitative estimate of drug-likeness (QED) is 0.762. The molecule has 1 aromatic heterocycles. The van der Waals surface area contributed by atoms with Crippen LogP contribution >= 0.6 is 0 Å². The monoisotopic (exact) mass is 384 g/mol. The Morgan fingerprint density at radius 3 is 2.82 bits per heavy atom. The number of nitrogens with zero attached hydrogens (tertiary/aromatic N) is 4. The third-order valence-corrected chi connectivity index (χ3v) is 5.82. The van der Waals surface area contributed by atoms with E-state index < -0.39 is 0 Å². The third-order valence-electron chi connectivity index (χ3n) is 5.82. The Morgan fingerprint density at radius 2 is 2.11 bits per heavy atom. The maximum Gasteiger partial charge on any atom is 0.224 e. The molecular formula is C20H28N6O2. The fraction of sp³-hybridized carbons (Fsp3) is 0.600. The summed E-state index contributed by atoms with van der Waals surface area (Å²) < 4.78 is 7.22. The molecule has 0 bridgehead atoms. The minimum atomic E-state index is 0.0429. The Bertz CT molecular complexity index is 826. The molecule has 1 amide bonds. The molecule has 2 fully saturated rings. The number of methoxy groups -OCH3 is 1. The van der Waals surface area contributed by atoms with Crippen molar-refractivity contribution in [2.75, 3.05) is 25.5 Å². The molecule has 8 nitrogen and oxygen atoms in total. The van der Waals surface area contributed by atoms with Crippen LogP contribution in [0.5, 0.6) is 5.75 Å². The summed E-state index contributed by atoms with van der Waals surface area (Å²) in [4.78, 5) is 12.6. The van der Waals surface area contributed by atoms with Crippen LogP contribution < -0.4 is 15.4 Å². The number of aromatic nitrogens is 4. The molecule has 2 heterocycles. The first-order valence-electron chi connectivity index (χ1n) is 10.1. The summed E-state index contributed by atoms with van der Waals surface area (Å²) in [6.45, 7) is 4.28. The van der Waals surface area contributed by atoms with Crippen LogP contribution in [0, 0.1) is 11.8 Å². The van der Waals surface area contributed by atoms with Gasteiger partial charge in [-0.25, -0.2) is 0 Å². The van der Waals surface area contributed by atoms with Crippen LogP contribution in [0.15, 0.2) is 18.2 Å². The highest BCUT2D eigenvalue weighted by Crippen LogP contribution is 2.40. The maximum atomic E-state index is 12.6. The van der Waals surface area contributed by atoms with Gasteiger partial charge in [-0.05, 0) is 79.2 Å². The first-order valence-corrected chi connectivity index (χ1v) is 10.1. The number of amides is 1. The lowest BCUT2D eigenvalue weighted by atomic mass is 9.84. The molecule has 0 spiro atoms. The molecule has 1 aromatic carbocycles. The first-order chi connectivity index (χ1) is 13.7. The summed E-state index contributed by atoms with van der Waals surface area (Å²) in [6.07, 6.45) is 5.03. The lowest BCUT2D eigenvalue weighted by Gasteiger charge is -2.27. The summed E-state index contributed by atoms with van der Waals surface area (Å²) in [7, 11) is 1.62. The summed E-state index contributed by atoms with van der Waals surface area (Å²) in [5, 5.41) is 18.6. The Morgan fingerprint density at radius 1 is 1.32 bits per heavy atom. The second-order valence-electron chi connectivity index (χ2n) is 7.93. The van der Waals surface area contributed by atoms with E-state index in [-0.39, 0.29) is 5.91 Å². The topological polar surface area (TPSA) is 94.0 Å². The number of hydrogen-bond donors (Lipinski definition) is 2.